The molecule has 0 spiro atoms. The monoisotopic (exact) mass is 334 g/mol. The van der Waals surface area contributed by atoms with Crippen molar-refractivity contribution in [2.45, 2.75) is 6.61 Å². The second-order valence-electron chi connectivity index (χ2n) is 4.98. The second-order valence-corrected chi connectivity index (χ2v) is 6.52. The predicted octanol–water partition coefficient (Wildman–Crippen LogP) is 1.56. The molecular weight excluding hydrogens is 320 g/mol. The van der Waals surface area contributed by atoms with Gasteiger partial charge in [-0.3, -0.25) is 0 Å². The Morgan fingerprint density at radius 2 is 1.65 bits per heavy atom. The summed E-state index contributed by atoms with van der Waals surface area (Å²) in [4.78, 5) is 0. The van der Waals surface area contributed by atoms with Gasteiger partial charge in [0.25, 0.3) is 0 Å². The number of nitrogens with one attached hydrogen (secondary N) is 1. The molecule has 1 heterocycles. The lowest BCUT2D eigenvalue weighted by Crippen LogP contribution is -2.29. The highest BCUT2D eigenvalue weighted by Crippen LogP contribution is 2.35. The van der Waals surface area contributed by atoms with Gasteiger partial charge in [-0.15, -0.1) is 0 Å². The Bertz CT molecular complexity index is 875. The van der Waals surface area contributed by atoms with Crippen molar-refractivity contribution in [3.63, 3.8) is 0 Å². The highest BCUT2D eigenvalue weighted by molar-refractivity contribution is 7.91. The van der Waals surface area contributed by atoms with E-state index in [9.17, 15) is 18.6 Å². The standard InChI is InChI=1S/C15H14N2O5S/c18-9-10-1-3-11(4-2-10)12-5-6-14(19)13(7-12)17-8-15(20)16-23(17,21)22/h1-8,16,18-20H,9H2. The van der Waals surface area contributed by atoms with E-state index in [4.69, 9.17) is 5.11 Å². The topological polar surface area (TPSA) is 110 Å². The molecule has 0 unspecified atom stereocenters. The number of aromatic hydroxyl groups is 1. The second kappa shape index (κ2) is 5.49. The molecule has 0 aromatic heterocycles. The van der Waals surface area contributed by atoms with Gasteiger partial charge in [-0.05, 0) is 28.8 Å². The van der Waals surface area contributed by atoms with Crippen LogP contribution in [0.2, 0.25) is 0 Å². The van der Waals surface area contributed by atoms with E-state index < -0.39 is 16.1 Å². The summed E-state index contributed by atoms with van der Waals surface area (Å²) in [5, 5.41) is 28.4. The molecule has 1 aliphatic rings. The Hall–Kier alpha value is -2.71. The van der Waals surface area contributed by atoms with Gasteiger partial charge in [0.1, 0.15) is 11.4 Å². The van der Waals surface area contributed by atoms with Crippen LogP contribution in [0.5, 0.6) is 5.75 Å². The molecule has 0 saturated carbocycles. The Labute approximate surface area is 132 Å². The van der Waals surface area contributed by atoms with E-state index in [1.165, 1.54) is 12.1 Å². The number of hydrogen-bond donors (Lipinski definition) is 4. The first-order chi connectivity index (χ1) is 10.9. The first-order valence-corrected chi connectivity index (χ1v) is 8.11. The molecule has 0 fully saturated rings. The maximum atomic E-state index is 11.9. The quantitative estimate of drug-likeness (QED) is 0.681. The van der Waals surface area contributed by atoms with Gasteiger partial charge < -0.3 is 15.3 Å². The highest BCUT2D eigenvalue weighted by atomic mass is 32.2. The van der Waals surface area contributed by atoms with E-state index in [0.29, 0.717) is 5.56 Å². The molecule has 0 atom stereocenters. The van der Waals surface area contributed by atoms with Crippen LogP contribution < -0.4 is 9.03 Å². The number of benzene rings is 2. The van der Waals surface area contributed by atoms with E-state index in [1.54, 1.807) is 30.3 Å². The minimum absolute atomic E-state index is 0.0188. The van der Waals surface area contributed by atoms with Crippen LogP contribution in [0.4, 0.5) is 5.69 Å². The number of hydrogen-bond acceptors (Lipinski definition) is 5. The minimum atomic E-state index is -3.97. The summed E-state index contributed by atoms with van der Waals surface area (Å²) >= 11 is 0. The van der Waals surface area contributed by atoms with Gasteiger partial charge in [0, 0.05) is 0 Å². The van der Waals surface area contributed by atoms with E-state index in [-0.39, 0.29) is 18.0 Å². The van der Waals surface area contributed by atoms with Crippen LogP contribution in [0, 0.1) is 0 Å². The molecule has 0 aliphatic carbocycles. The van der Waals surface area contributed by atoms with Crippen LogP contribution in [0.15, 0.2) is 54.5 Å². The number of aliphatic hydroxyl groups is 2. The van der Waals surface area contributed by atoms with Crippen molar-refractivity contribution in [1.29, 1.82) is 0 Å². The lowest BCUT2D eigenvalue weighted by atomic mass is 10.0. The first kappa shape index (κ1) is 15.2. The van der Waals surface area contributed by atoms with Crippen LogP contribution in [-0.2, 0) is 16.8 Å². The van der Waals surface area contributed by atoms with Crippen molar-refractivity contribution in [2.75, 3.05) is 4.31 Å². The molecule has 0 saturated heterocycles. The molecule has 0 bridgehead atoms. The van der Waals surface area contributed by atoms with Gasteiger partial charge in [-0.2, -0.15) is 8.42 Å². The minimum Gasteiger partial charge on any atom is -0.506 e. The normalized spacial score (nSPS) is 16.0. The third-order valence-corrected chi connectivity index (χ3v) is 4.70. The van der Waals surface area contributed by atoms with Crippen LogP contribution in [0.25, 0.3) is 11.1 Å². The summed E-state index contributed by atoms with van der Waals surface area (Å²) in [6, 6.07) is 11.6. The molecule has 120 valence electrons. The molecule has 2 aromatic rings. The van der Waals surface area contributed by atoms with Crippen molar-refractivity contribution in [3.05, 3.63) is 60.1 Å². The third-order valence-electron chi connectivity index (χ3n) is 3.41. The fourth-order valence-corrected chi connectivity index (χ4v) is 3.33. The number of phenols is 1. The first-order valence-electron chi connectivity index (χ1n) is 6.67. The van der Waals surface area contributed by atoms with Crippen molar-refractivity contribution in [3.8, 4) is 16.9 Å². The number of phenolic OH excluding ortho intramolecular Hbond substituents is 1. The van der Waals surface area contributed by atoms with Gasteiger partial charge in [-0.1, -0.05) is 30.3 Å². The van der Waals surface area contributed by atoms with Crippen LogP contribution >= 0.6 is 0 Å². The van der Waals surface area contributed by atoms with E-state index in [2.05, 4.69) is 0 Å². The van der Waals surface area contributed by atoms with Gasteiger partial charge in [0.15, 0.2) is 0 Å². The Morgan fingerprint density at radius 3 is 2.22 bits per heavy atom. The molecular formula is C15H14N2O5S. The average Bonchev–Trinajstić information content (AvgIpc) is 2.80. The molecule has 1 aliphatic heterocycles. The largest absolute Gasteiger partial charge is 0.506 e. The molecule has 0 radical (unpaired) electrons. The zero-order valence-corrected chi connectivity index (χ0v) is 12.7. The molecule has 23 heavy (non-hydrogen) atoms. The van der Waals surface area contributed by atoms with Crippen LogP contribution in [0.3, 0.4) is 0 Å². The molecule has 7 nitrogen and oxygen atoms in total. The smallest absolute Gasteiger partial charge is 0.330 e. The van der Waals surface area contributed by atoms with Crippen molar-refractivity contribution < 1.29 is 23.7 Å². The van der Waals surface area contributed by atoms with Crippen LogP contribution in [0.1, 0.15) is 5.56 Å². The van der Waals surface area contributed by atoms with E-state index in [0.717, 1.165) is 21.6 Å². The number of aliphatic hydroxyl groups excluding tert-OH is 2. The fourth-order valence-electron chi connectivity index (χ4n) is 2.27. The molecule has 0 amide bonds. The summed E-state index contributed by atoms with van der Waals surface area (Å²) in [7, 11) is -3.97. The SMILES string of the molecule is O=S1(=O)NC(O)=CN1c1cc(-c2ccc(CO)cc2)ccc1O. The van der Waals surface area contributed by atoms with Crippen molar-refractivity contribution in [2.24, 2.45) is 0 Å². The molecule has 2 aromatic carbocycles. The lowest BCUT2D eigenvalue weighted by molar-refractivity contribution is 0.282. The summed E-state index contributed by atoms with van der Waals surface area (Å²) in [6.07, 6.45) is 0.975. The van der Waals surface area contributed by atoms with E-state index >= 15 is 0 Å². The van der Waals surface area contributed by atoms with E-state index in [1.807, 2.05) is 4.72 Å². The maximum absolute atomic E-state index is 11.9. The summed E-state index contributed by atoms with van der Waals surface area (Å²) in [6.45, 7) is -0.0666. The Morgan fingerprint density at radius 1 is 1.00 bits per heavy atom. The summed E-state index contributed by atoms with van der Waals surface area (Å²) < 4.78 is 26.5. The molecule has 8 heteroatoms. The zero-order chi connectivity index (χ0) is 16.6. The average molecular weight is 334 g/mol. The van der Waals surface area contributed by atoms with Gasteiger partial charge in [0.05, 0.1) is 12.8 Å². The van der Waals surface area contributed by atoms with Crippen LogP contribution in [-0.4, -0.2) is 23.7 Å². The highest BCUT2D eigenvalue weighted by Gasteiger charge is 2.30. The zero-order valence-electron chi connectivity index (χ0n) is 11.8. The Balaban J connectivity index is 2.06. The maximum Gasteiger partial charge on any atom is 0.330 e. The molecule has 3 rings (SSSR count). The summed E-state index contributed by atoms with van der Waals surface area (Å²) in [5.41, 5.74) is 2.25. The van der Waals surface area contributed by atoms with Gasteiger partial charge in [0.2, 0.25) is 5.88 Å². The van der Waals surface area contributed by atoms with Crippen molar-refractivity contribution in [1.82, 2.24) is 4.72 Å². The Kier molecular flexibility index (Phi) is 3.63. The lowest BCUT2D eigenvalue weighted by Gasteiger charge is -2.16. The number of rotatable bonds is 3. The number of nitrogens with zero attached hydrogens (tertiary/aromatic N) is 1. The predicted molar refractivity (Wildman–Crippen MR) is 84.7 cm³/mol. The van der Waals surface area contributed by atoms with Crippen molar-refractivity contribution >= 4 is 15.9 Å². The number of anilines is 1. The molecule has 4 N–H and O–H groups in total. The fraction of sp³-hybridized carbons (Fsp3) is 0.0667. The van der Waals surface area contributed by atoms with Gasteiger partial charge in [-0.25, -0.2) is 9.03 Å². The third kappa shape index (κ3) is 2.81. The summed E-state index contributed by atoms with van der Waals surface area (Å²) in [5.74, 6) is -0.765. The van der Waals surface area contributed by atoms with Gasteiger partial charge >= 0.3 is 10.2 Å².